The standard InChI is InChI=1S/C16H16F2O/c1-3-11-6-4-5-7-12(11)16(19)13-9-14(17)10(2)8-15(13)18/h4-9,16,19H,3H2,1-2H3. The summed E-state index contributed by atoms with van der Waals surface area (Å²) in [6.45, 7) is 3.45. The summed E-state index contributed by atoms with van der Waals surface area (Å²) < 4.78 is 27.4. The molecule has 0 saturated heterocycles. The average Bonchev–Trinajstić information content (AvgIpc) is 2.42. The van der Waals surface area contributed by atoms with Gasteiger partial charge >= 0.3 is 0 Å². The van der Waals surface area contributed by atoms with Crippen molar-refractivity contribution in [2.24, 2.45) is 0 Å². The fourth-order valence-corrected chi connectivity index (χ4v) is 2.16. The monoisotopic (exact) mass is 262 g/mol. The molecule has 0 aliphatic carbocycles. The second kappa shape index (κ2) is 5.49. The zero-order valence-corrected chi connectivity index (χ0v) is 11.0. The largest absolute Gasteiger partial charge is 0.384 e. The lowest BCUT2D eigenvalue weighted by molar-refractivity contribution is 0.213. The molecule has 2 aromatic rings. The normalized spacial score (nSPS) is 12.5. The number of aryl methyl sites for hydroxylation is 2. The predicted molar refractivity (Wildman–Crippen MR) is 71.0 cm³/mol. The Bertz CT molecular complexity index is 593. The van der Waals surface area contributed by atoms with Gasteiger partial charge in [-0.1, -0.05) is 31.2 Å². The van der Waals surface area contributed by atoms with E-state index in [9.17, 15) is 13.9 Å². The third-order valence-electron chi connectivity index (χ3n) is 3.30. The molecule has 0 aliphatic rings. The predicted octanol–water partition coefficient (Wildman–Crippen LogP) is 3.92. The van der Waals surface area contributed by atoms with Crippen molar-refractivity contribution in [1.29, 1.82) is 0 Å². The molecule has 2 aromatic carbocycles. The quantitative estimate of drug-likeness (QED) is 0.889. The van der Waals surface area contributed by atoms with E-state index in [2.05, 4.69) is 0 Å². The van der Waals surface area contributed by atoms with Crippen LogP contribution in [0.15, 0.2) is 36.4 Å². The zero-order valence-electron chi connectivity index (χ0n) is 11.0. The van der Waals surface area contributed by atoms with Crippen LogP contribution in [-0.2, 0) is 6.42 Å². The average molecular weight is 262 g/mol. The molecule has 1 atom stereocenters. The number of halogens is 2. The van der Waals surface area contributed by atoms with E-state index in [4.69, 9.17) is 0 Å². The smallest absolute Gasteiger partial charge is 0.129 e. The van der Waals surface area contributed by atoms with Gasteiger partial charge in [0, 0.05) is 5.56 Å². The number of aliphatic hydroxyl groups excluding tert-OH is 1. The Morgan fingerprint density at radius 2 is 1.74 bits per heavy atom. The summed E-state index contributed by atoms with van der Waals surface area (Å²) >= 11 is 0. The number of aliphatic hydroxyl groups is 1. The van der Waals surface area contributed by atoms with E-state index in [0.29, 0.717) is 5.56 Å². The van der Waals surface area contributed by atoms with Gasteiger partial charge in [-0.3, -0.25) is 0 Å². The maximum atomic E-state index is 13.9. The highest BCUT2D eigenvalue weighted by Crippen LogP contribution is 2.28. The van der Waals surface area contributed by atoms with Crippen LogP contribution in [0, 0.1) is 18.6 Å². The van der Waals surface area contributed by atoms with Crippen molar-refractivity contribution in [3.63, 3.8) is 0 Å². The summed E-state index contributed by atoms with van der Waals surface area (Å²) in [6, 6.07) is 9.44. The minimum Gasteiger partial charge on any atom is -0.384 e. The van der Waals surface area contributed by atoms with E-state index >= 15 is 0 Å². The number of benzene rings is 2. The van der Waals surface area contributed by atoms with Gasteiger partial charge in [0.1, 0.15) is 17.7 Å². The van der Waals surface area contributed by atoms with E-state index in [1.165, 1.54) is 6.92 Å². The fourth-order valence-electron chi connectivity index (χ4n) is 2.16. The summed E-state index contributed by atoms with van der Waals surface area (Å²) in [5, 5.41) is 10.3. The SMILES string of the molecule is CCc1ccccc1C(O)c1cc(F)c(C)cc1F. The first kappa shape index (κ1) is 13.7. The molecule has 3 heteroatoms. The van der Waals surface area contributed by atoms with Gasteiger partial charge in [-0.25, -0.2) is 8.78 Å². The molecule has 100 valence electrons. The molecular formula is C16H16F2O. The van der Waals surface area contributed by atoms with Gasteiger partial charge in [0.15, 0.2) is 0 Å². The molecule has 1 unspecified atom stereocenters. The summed E-state index contributed by atoms with van der Waals surface area (Å²) in [7, 11) is 0. The molecule has 0 spiro atoms. The van der Waals surface area contributed by atoms with Gasteiger partial charge in [-0.2, -0.15) is 0 Å². The van der Waals surface area contributed by atoms with Crippen LogP contribution in [0.4, 0.5) is 8.78 Å². The molecule has 1 nitrogen and oxygen atoms in total. The van der Waals surface area contributed by atoms with Gasteiger partial charge in [0.2, 0.25) is 0 Å². The van der Waals surface area contributed by atoms with Crippen molar-refractivity contribution in [1.82, 2.24) is 0 Å². The Kier molecular flexibility index (Phi) is 3.96. The molecule has 0 bridgehead atoms. The van der Waals surface area contributed by atoms with Gasteiger partial charge < -0.3 is 5.11 Å². The minimum absolute atomic E-state index is 0.0241. The van der Waals surface area contributed by atoms with Crippen LogP contribution in [0.2, 0.25) is 0 Å². The van der Waals surface area contributed by atoms with Crippen LogP contribution in [0.3, 0.4) is 0 Å². The molecule has 1 N–H and O–H groups in total. The molecule has 19 heavy (non-hydrogen) atoms. The van der Waals surface area contributed by atoms with Crippen molar-refractivity contribution in [3.05, 3.63) is 70.3 Å². The lowest BCUT2D eigenvalue weighted by Crippen LogP contribution is -2.07. The highest BCUT2D eigenvalue weighted by molar-refractivity contribution is 5.37. The van der Waals surface area contributed by atoms with Crippen LogP contribution >= 0.6 is 0 Å². The van der Waals surface area contributed by atoms with Gasteiger partial charge in [-0.15, -0.1) is 0 Å². The van der Waals surface area contributed by atoms with Crippen LogP contribution in [0.5, 0.6) is 0 Å². The van der Waals surface area contributed by atoms with Crippen LogP contribution in [-0.4, -0.2) is 5.11 Å². The molecule has 0 saturated carbocycles. The molecule has 0 aliphatic heterocycles. The van der Waals surface area contributed by atoms with Crippen molar-refractivity contribution >= 4 is 0 Å². The molecule has 0 fully saturated rings. The Labute approximate surface area is 111 Å². The van der Waals surface area contributed by atoms with Crippen molar-refractivity contribution in [2.75, 3.05) is 0 Å². The van der Waals surface area contributed by atoms with E-state index in [1.807, 2.05) is 19.1 Å². The first-order valence-electron chi connectivity index (χ1n) is 6.26. The first-order valence-corrected chi connectivity index (χ1v) is 6.26. The number of rotatable bonds is 3. The van der Waals surface area contributed by atoms with Gasteiger partial charge in [-0.05, 0) is 42.2 Å². The molecule has 0 aromatic heterocycles. The molecular weight excluding hydrogens is 246 g/mol. The second-order valence-corrected chi connectivity index (χ2v) is 4.58. The molecule has 0 radical (unpaired) electrons. The highest BCUT2D eigenvalue weighted by Gasteiger charge is 2.19. The second-order valence-electron chi connectivity index (χ2n) is 4.58. The zero-order chi connectivity index (χ0) is 14.0. The Morgan fingerprint density at radius 3 is 2.42 bits per heavy atom. The first-order chi connectivity index (χ1) is 9.04. The van der Waals surface area contributed by atoms with E-state index < -0.39 is 17.7 Å². The number of hydrogen-bond acceptors (Lipinski definition) is 1. The molecule has 0 amide bonds. The van der Waals surface area contributed by atoms with Crippen molar-refractivity contribution < 1.29 is 13.9 Å². The van der Waals surface area contributed by atoms with Crippen LogP contribution < -0.4 is 0 Å². The minimum atomic E-state index is -1.15. The Balaban J connectivity index is 2.50. The molecule has 0 heterocycles. The third kappa shape index (κ3) is 2.66. The van der Waals surface area contributed by atoms with Crippen molar-refractivity contribution in [3.8, 4) is 0 Å². The topological polar surface area (TPSA) is 20.2 Å². The lowest BCUT2D eigenvalue weighted by Gasteiger charge is -2.16. The molecule has 2 rings (SSSR count). The Morgan fingerprint density at radius 1 is 1.05 bits per heavy atom. The van der Waals surface area contributed by atoms with Gasteiger partial charge in [0.05, 0.1) is 0 Å². The number of hydrogen-bond donors (Lipinski definition) is 1. The summed E-state index contributed by atoms with van der Waals surface area (Å²) in [4.78, 5) is 0. The van der Waals surface area contributed by atoms with E-state index in [1.54, 1.807) is 12.1 Å². The maximum Gasteiger partial charge on any atom is 0.129 e. The van der Waals surface area contributed by atoms with Gasteiger partial charge in [0.25, 0.3) is 0 Å². The lowest BCUT2D eigenvalue weighted by atomic mass is 9.94. The summed E-state index contributed by atoms with van der Waals surface area (Å²) in [5.74, 6) is -1.10. The highest BCUT2D eigenvalue weighted by atomic mass is 19.1. The van der Waals surface area contributed by atoms with Crippen LogP contribution in [0.1, 0.15) is 35.3 Å². The van der Waals surface area contributed by atoms with E-state index in [-0.39, 0.29) is 11.1 Å². The van der Waals surface area contributed by atoms with Crippen LogP contribution in [0.25, 0.3) is 0 Å². The third-order valence-corrected chi connectivity index (χ3v) is 3.30. The summed E-state index contributed by atoms with van der Waals surface area (Å²) in [5.41, 5.74) is 1.75. The summed E-state index contributed by atoms with van der Waals surface area (Å²) in [6.07, 6.45) is -0.422. The maximum absolute atomic E-state index is 13.9. The van der Waals surface area contributed by atoms with Crippen molar-refractivity contribution in [2.45, 2.75) is 26.4 Å². The Hall–Kier alpha value is -1.74. The van der Waals surface area contributed by atoms with E-state index in [0.717, 1.165) is 24.1 Å². The fraction of sp³-hybridized carbons (Fsp3) is 0.250.